The first-order valence-electron chi connectivity index (χ1n) is 4.76. The van der Waals surface area contributed by atoms with Crippen molar-refractivity contribution in [2.24, 2.45) is 0 Å². The molecule has 0 heterocycles. The Labute approximate surface area is 91.8 Å². The van der Waals surface area contributed by atoms with Crippen LogP contribution in [-0.4, -0.2) is 18.2 Å². The summed E-state index contributed by atoms with van der Waals surface area (Å²) in [6.45, 7) is 5.66. The van der Waals surface area contributed by atoms with E-state index in [1.807, 2.05) is 37.3 Å². The lowest BCUT2D eigenvalue weighted by Crippen LogP contribution is -3.00. The molecule has 0 saturated carbocycles. The topological polar surface area (TPSA) is 36.8 Å². The standard InChI is InChI=1S/C11H17NO.ClH/c1-3-12-9-11(2,13)10-7-5-4-6-8-10;/h4-8,12-13H,3,9H2,1-2H3;1H. The van der Waals surface area contributed by atoms with E-state index in [-0.39, 0.29) is 12.4 Å². The van der Waals surface area contributed by atoms with Crippen LogP contribution < -0.4 is 17.7 Å². The van der Waals surface area contributed by atoms with Gasteiger partial charge in [0.2, 0.25) is 0 Å². The number of hydrogen-bond donors (Lipinski definition) is 2. The molecular weight excluding hydrogens is 198 g/mol. The van der Waals surface area contributed by atoms with Crippen molar-refractivity contribution in [2.45, 2.75) is 19.4 Å². The van der Waals surface area contributed by atoms with Crippen LogP contribution in [0.15, 0.2) is 30.3 Å². The van der Waals surface area contributed by atoms with Crippen LogP contribution in [0.2, 0.25) is 0 Å². The molecule has 3 heteroatoms. The Kier molecular flexibility index (Phi) is 5.77. The Morgan fingerprint density at radius 3 is 2.36 bits per heavy atom. The second kappa shape index (κ2) is 6.02. The highest BCUT2D eigenvalue weighted by atomic mass is 35.5. The second-order valence-corrected chi connectivity index (χ2v) is 3.54. The van der Waals surface area contributed by atoms with E-state index in [2.05, 4.69) is 12.2 Å². The number of quaternary nitrogens is 1. The first-order valence-corrected chi connectivity index (χ1v) is 4.76. The van der Waals surface area contributed by atoms with Crippen LogP contribution in [0.3, 0.4) is 0 Å². The zero-order valence-corrected chi connectivity index (χ0v) is 9.46. The fraction of sp³-hybridized carbons (Fsp3) is 0.455. The van der Waals surface area contributed by atoms with Gasteiger partial charge >= 0.3 is 0 Å². The van der Waals surface area contributed by atoms with Crippen LogP contribution in [0.5, 0.6) is 0 Å². The van der Waals surface area contributed by atoms with Crippen molar-refractivity contribution in [1.29, 1.82) is 0 Å². The summed E-state index contributed by atoms with van der Waals surface area (Å²) in [6, 6.07) is 9.79. The zero-order chi connectivity index (χ0) is 9.73. The van der Waals surface area contributed by atoms with Crippen molar-refractivity contribution in [3.63, 3.8) is 0 Å². The van der Waals surface area contributed by atoms with Gasteiger partial charge < -0.3 is 22.8 Å². The molecule has 0 spiro atoms. The first-order chi connectivity index (χ1) is 6.17. The fourth-order valence-electron chi connectivity index (χ4n) is 1.34. The largest absolute Gasteiger partial charge is 1.00 e. The van der Waals surface area contributed by atoms with E-state index < -0.39 is 5.60 Å². The number of rotatable bonds is 4. The van der Waals surface area contributed by atoms with Gasteiger partial charge in [-0.15, -0.1) is 0 Å². The molecule has 0 fully saturated rings. The number of aliphatic hydroxyl groups is 1. The summed E-state index contributed by atoms with van der Waals surface area (Å²) in [6.07, 6.45) is 0. The number of likely N-dealkylation sites (N-methyl/N-ethyl adjacent to an activating group) is 1. The third-order valence-corrected chi connectivity index (χ3v) is 2.23. The van der Waals surface area contributed by atoms with Gasteiger partial charge in [-0.2, -0.15) is 0 Å². The summed E-state index contributed by atoms with van der Waals surface area (Å²) in [4.78, 5) is 0. The molecule has 1 unspecified atom stereocenters. The van der Waals surface area contributed by atoms with Crippen LogP contribution in [0.25, 0.3) is 0 Å². The zero-order valence-electron chi connectivity index (χ0n) is 8.70. The normalized spacial score (nSPS) is 14.2. The van der Waals surface area contributed by atoms with Gasteiger partial charge in [0.05, 0.1) is 6.54 Å². The molecule has 0 radical (unpaired) electrons. The Bertz CT molecular complexity index is 249. The molecule has 0 aliphatic carbocycles. The van der Waals surface area contributed by atoms with Gasteiger partial charge in [0.25, 0.3) is 0 Å². The maximum absolute atomic E-state index is 10.1. The summed E-state index contributed by atoms with van der Waals surface area (Å²) in [5.74, 6) is 0. The molecule has 0 aliphatic heterocycles. The molecule has 0 bridgehead atoms. The van der Waals surface area contributed by atoms with Gasteiger partial charge in [0.15, 0.2) is 0 Å². The molecule has 1 rings (SSSR count). The smallest absolute Gasteiger partial charge is 0.135 e. The average molecular weight is 216 g/mol. The molecule has 0 amide bonds. The van der Waals surface area contributed by atoms with Crippen LogP contribution in [0.4, 0.5) is 0 Å². The SMILES string of the molecule is CC[NH2+]CC(C)(O)c1ccccc1.[Cl-]. The molecule has 80 valence electrons. The van der Waals surface area contributed by atoms with Crippen LogP contribution in [-0.2, 0) is 5.60 Å². The summed E-state index contributed by atoms with van der Waals surface area (Å²) in [5, 5.41) is 12.2. The predicted octanol–water partition coefficient (Wildman–Crippen LogP) is -2.52. The van der Waals surface area contributed by atoms with E-state index in [1.165, 1.54) is 0 Å². The van der Waals surface area contributed by atoms with E-state index in [4.69, 9.17) is 0 Å². The molecule has 1 atom stereocenters. The van der Waals surface area contributed by atoms with E-state index in [0.717, 1.165) is 12.1 Å². The van der Waals surface area contributed by atoms with Crippen molar-refractivity contribution in [1.82, 2.24) is 0 Å². The highest BCUT2D eigenvalue weighted by molar-refractivity contribution is 5.21. The van der Waals surface area contributed by atoms with Crippen molar-refractivity contribution < 1.29 is 22.8 Å². The van der Waals surface area contributed by atoms with E-state index in [9.17, 15) is 5.11 Å². The Morgan fingerprint density at radius 1 is 1.29 bits per heavy atom. The molecule has 0 aliphatic rings. The van der Waals surface area contributed by atoms with Crippen LogP contribution in [0, 0.1) is 0 Å². The van der Waals surface area contributed by atoms with Crippen molar-refractivity contribution in [2.75, 3.05) is 13.1 Å². The third-order valence-electron chi connectivity index (χ3n) is 2.23. The molecular formula is C11H18ClNO. The van der Waals surface area contributed by atoms with Crippen molar-refractivity contribution >= 4 is 0 Å². The summed E-state index contributed by atoms with van der Waals surface area (Å²) >= 11 is 0. The highest BCUT2D eigenvalue weighted by Crippen LogP contribution is 2.17. The van der Waals surface area contributed by atoms with Crippen LogP contribution in [0.1, 0.15) is 19.4 Å². The quantitative estimate of drug-likeness (QED) is 0.572. The van der Waals surface area contributed by atoms with Gasteiger partial charge in [-0.1, -0.05) is 30.3 Å². The molecule has 1 aromatic carbocycles. The number of benzene rings is 1. The van der Waals surface area contributed by atoms with Gasteiger partial charge in [0.1, 0.15) is 12.1 Å². The van der Waals surface area contributed by atoms with E-state index >= 15 is 0 Å². The first kappa shape index (κ1) is 13.4. The molecule has 0 saturated heterocycles. The summed E-state index contributed by atoms with van der Waals surface area (Å²) in [7, 11) is 0. The summed E-state index contributed by atoms with van der Waals surface area (Å²) < 4.78 is 0. The van der Waals surface area contributed by atoms with Crippen molar-refractivity contribution in [3.05, 3.63) is 35.9 Å². The number of nitrogens with two attached hydrogens (primary N) is 1. The monoisotopic (exact) mass is 215 g/mol. The minimum Gasteiger partial charge on any atom is -1.00 e. The van der Waals surface area contributed by atoms with Gasteiger partial charge in [-0.25, -0.2) is 0 Å². The number of hydrogen-bond acceptors (Lipinski definition) is 1. The van der Waals surface area contributed by atoms with E-state index in [1.54, 1.807) is 0 Å². The predicted molar refractivity (Wildman–Crippen MR) is 53.3 cm³/mol. The van der Waals surface area contributed by atoms with Gasteiger partial charge in [-0.3, -0.25) is 0 Å². The molecule has 14 heavy (non-hydrogen) atoms. The van der Waals surface area contributed by atoms with E-state index in [0.29, 0.717) is 6.54 Å². The molecule has 1 aromatic rings. The Hall–Kier alpha value is -0.570. The lowest BCUT2D eigenvalue weighted by molar-refractivity contribution is -0.665. The Balaban J connectivity index is 0.00000169. The minimum atomic E-state index is -0.711. The van der Waals surface area contributed by atoms with Crippen LogP contribution >= 0.6 is 0 Å². The minimum absolute atomic E-state index is 0. The second-order valence-electron chi connectivity index (χ2n) is 3.54. The van der Waals surface area contributed by atoms with Gasteiger partial charge in [-0.05, 0) is 19.4 Å². The summed E-state index contributed by atoms with van der Waals surface area (Å²) in [5.41, 5.74) is 0.275. The average Bonchev–Trinajstić information content (AvgIpc) is 2.16. The lowest BCUT2D eigenvalue weighted by Gasteiger charge is -2.21. The number of halogens is 1. The molecule has 0 aromatic heterocycles. The molecule has 2 nitrogen and oxygen atoms in total. The van der Waals surface area contributed by atoms with Gasteiger partial charge in [0, 0.05) is 0 Å². The third kappa shape index (κ3) is 3.66. The maximum Gasteiger partial charge on any atom is 0.135 e. The highest BCUT2D eigenvalue weighted by Gasteiger charge is 2.24. The fourth-order valence-corrected chi connectivity index (χ4v) is 1.34. The van der Waals surface area contributed by atoms with Crippen molar-refractivity contribution in [3.8, 4) is 0 Å². The Morgan fingerprint density at radius 2 is 1.86 bits per heavy atom. The lowest BCUT2D eigenvalue weighted by atomic mass is 9.96. The maximum atomic E-state index is 10.1. The molecule has 3 N–H and O–H groups in total.